The smallest absolute Gasteiger partial charge is 0.315 e. The zero-order chi connectivity index (χ0) is 14.5. The number of nitrogens with zero attached hydrogens (tertiary/aromatic N) is 2. The van der Waals surface area contributed by atoms with Crippen molar-refractivity contribution >= 4 is 22.7 Å². The summed E-state index contributed by atoms with van der Waals surface area (Å²) in [7, 11) is 1.62. The van der Waals surface area contributed by atoms with E-state index < -0.39 is 4.92 Å². The third kappa shape index (κ3) is 2.52. The van der Waals surface area contributed by atoms with Gasteiger partial charge in [-0.25, -0.2) is 0 Å². The highest BCUT2D eigenvalue weighted by atomic mass is 16.6. The van der Waals surface area contributed by atoms with Crippen LogP contribution in [0.1, 0.15) is 5.56 Å². The molecule has 0 aliphatic rings. The minimum Gasteiger partial charge on any atom is -0.382 e. The summed E-state index contributed by atoms with van der Waals surface area (Å²) in [6.45, 7) is 0. The maximum absolute atomic E-state index is 11.2. The molecule has 0 aromatic heterocycles. The molecule has 0 spiro atoms. The number of hydrogen-bond acceptors (Lipinski definition) is 5. The van der Waals surface area contributed by atoms with E-state index in [1.54, 1.807) is 49.5 Å². The summed E-state index contributed by atoms with van der Waals surface area (Å²) in [5.41, 5.74) is 1.66. The van der Waals surface area contributed by atoms with E-state index in [4.69, 9.17) is 5.26 Å². The number of anilines is 3. The van der Waals surface area contributed by atoms with Gasteiger partial charge in [0.15, 0.2) is 0 Å². The van der Waals surface area contributed by atoms with E-state index in [9.17, 15) is 10.1 Å². The molecule has 0 aliphatic heterocycles. The number of nitro benzene ring substituents is 1. The second kappa shape index (κ2) is 5.71. The number of nitrogens with one attached hydrogen (secondary N) is 2. The van der Waals surface area contributed by atoms with Gasteiger partial charge >= 0.3 is 5.69 Å². The molecule has 0 bridgehead atoms. The van der Waals surface area contributed by atoms with E-state index in [1.165, 1.54) is 0 Å². The Morgan fingerprint density at radius 2 is 1.75 bits per heavy atom. The number of benzene rings is 2. The Bertz CT molecular complexity index is 692. The maximum atomic E-state index is 11.2. The van der Waals surface area contributed by atoms with Crippen molar-refractivity contribution in [3.63, 3.8) is 0 Å². The lowest BCUT2D eigenvalue weighted by molar-refractivity contribution is -0.383. The van der Waals surface area contributed by atoms with Crippen molar-refractivity contribution in [1.82, 2.24) is 0 Å². The van der Waals surface area contributed by atoms with Gasteiger partial charge in [-0.05, 0) is 24.3 Å². The predicted octanol–water partition coefficient (Wildman–Crippen LogP) is 3.25. The van der Waals surface area contributed by atoms with Gasteiger partial charge in [-0.1, -0.05) is 18.2 Å². The SMILES string of the molecule is CNc1cccc(Nc2ccccc2C#N)c1[N+](=O)[O-]. The first-order valence-corrected chi connectivity index (χ1v) is 5.88. The molecule has 0 amide bonds. The summed E-state index contributed by atoms with van der Waals surface area (Å²) in [4.78, 5) is 10.8. The Morgan fingerprint density at radius 1 is 1.10 bits per heavy atom. The van der Waals surface area contributed by atoms with Crippen LogP contribution in [0.3, 0.4) is 0 Å². The van der Waals surface area contributed by atoms with Gasteiger partial charge in [-0.2, -0.15) is 5.26 Å². The Labute approximate surface area is 115 Å². The molecule has 0 atom stereocenters. The van der Waals surface area contributed by atoms with Gasteiger partial charge in [0, 0.05) is 7.05 Å². The van der Waals surface area contributed by atoms with Gasteiger partial charge in [-0.15, -0.1) is 0 Å². The molecule has 20 heavy (non-hydrogen) atoms. The predicted molar refractivity (Wildman–Crippen MR) is 77.1 cm³/mol. The number of hydrogen-bond donors (Lipinski definition) is 2. The van der Waals surface area contributed by atoms with E-state index >= 15 is 0 Å². The summed E-state index contributed by atoms with van der Waals surface area (Å²) in [5.74, 6) is 0. The highest BCUT2D eigenvalue weighted by molar-refractivity contribution is 5.80. The summed E-state index contributed by atoms with van der Waals surface area (Å²) in [5, 5.41) is 26.0. The van der Waals surface area contributed by atoms with Crippen LogP contribution in [0, 0.1) is 21.4 Å². The molecule has 0 saturated carbocycles. The van der Waals surface area contributed by atoms with Crippen LogP contribution in [0.2, 0.25) is 0 Å². The highest BCUT2D eigenvalue weighted by Gasteiger charge is 2.19. The third-order valence-corrected chi connectivity index (χ3v) is 2.80. The van der Waals surface area contributed by atoms with Crippen LogP contribution in [0.25, 0.3) is 0 Å². The fourth-order valence-electron chi connectivity index (χ4n) is 1.88. The summed E-state index contributed by atoms with van der Waals surface area (Å²) >= 11 is 0. The van der Waals surface area contributed by atoms with Crippen molar-refractivity contribution in [2.75, 3.05) is 17.7 Å². The molecule has 2 rings (SSSR count). The average Bonchev–Trinajstić information content (AvgIpc) is 2.47. The van der Waals surface area contributed by atoms with Gasteiger partial charge in [-0.3, -0.25) is 10.1 Å². The molecule has 2 aromatic rings. The van der Waals surface area contributed by atoms with Gasteiger partial charge < -0.3 is 10.6 Å². The van der Waals surface area contributed by atoms with Crippen LogP contribution >= 0.6 is 0 Å². The summed E-state index contributed by atoms with van der Waals surface area (Å²) in [6.07, 6.45) is 0. The molecular weight excluding hydrogens is 256 g/mol. The molecule has 6 nitrogen and oxygen atoms in total. The molecule has 2 aromatic carbocycles. The Hall–Kier alpha value is -3.07. The Morgan fingerprint density at radius 3 is 2.40 bits per heavy atom. The van der Waals surface area contributed by atoms with Gasteiger partial charge in [0.25, 0.3) is 0 Å². The minimum atomic E-state index is -0.455. The van der Waals surface area contributed by atoms with Gasteiger partial charge in [0.1, 0.15) is 17.4 Å². The quantitative estimate of drug-likeness (QED) is 0.656. The van der Waals surface area contributed by atoms with Gasteiger partial charge in [0.05, 0.1) is 16.2 Å². The molecule has 0 fully saturated rings. The van der Waals surface area contributed by atoms with Crippen LogP contribution < -0.4 is 10.6 Å². The number of nitriles is 1. The van der Waals surface area contributed by atoms with Crippen LogP contribution in [-0.2, 0) is 0 Å². The Balaban J connectivity index is 2.49. The zero-order valence-corrected chi connectivity index (χ0v) is 10.8. The molecule has 0 saturated heterocycles. The summed E-state index contributed by atoms with van der Waals surface area (Å²) < 4.78 is 0. The molecule has 0 heterocycles. The van der Waals surface area contributed by atoms with Crippen LogP contribution in [-0.4, -0.2) is 12.0 Å². The van der Waals surface area contributed by atoms with Crippen molar-refractivity contribution in [2.24, 2.45) is 0 Å². The first kappa shape index (κ1) is 13.4. The van der Waals surface area contributed by atoms with Crippen molar-refractivity contribution in [2.45, 2.75) is 0 Å². The van der Waals surface area contributed by atoms with Gasteiger partial charge in [0.2, 0.25) is 0 Å². The first-order chi connectivity index (χ1) is 9.67. The minimum absolute atomic E-state index is 0.0530. The molecular formula is C14H12N4O2. The fourth-order valence-corrected chi connectivity index (χ4v) is 1.88. The molecule has 2 N–H and O–H groups in total. The van der Waals surface area contributed by atoms with Crippen molar-refractivity contribution < 1.29 is 4.92 Å². The molecule has 0 aliphatic carbocycles. The number of para-hydroxylation sites is 2. The van der Waals surface area contributed by atoms with Crippen LogP contribution in [0.4, 0.5) is 22.7 Å². The van der Waals surface area contributed by atoms with E-state index in [-0.39, 0.29) is 5.69 Å². The topological polar surface area (TPSA) is 91.0 Å². The van der Waals surface area contributed by atoms with E-state index in [0.29, 0.717) is 22.6 Å². The zero-order valence-electron chi connectivity index (χ0n) is 10.8. The van der Waals surface area contributed by atoms with Crippen molar-refractivity contribution in [3.05, 3.63) is 58.1 Å². The molecule has 100 valence electrons. The Kier molecular flexibility index (Phi) is 3.82. The number of nitro groups is 1. The normalized spacial score (nSPS) is 9.60. The molecule has 0 radical (unpaired) electrons. The fraction of sp³-hybridized carbons (Fsp3) is 0.0714. The third-order valence-electron chi connectivity index (χ3n) is 2.80. The lowest BCUT2D eigenvalue weighted by Crippen LogP contribution is -2.02. The van der Waals surface area contributed by atoms with Crippen molar-refractivity contribution in [3.8, 4) is 6.07 Å². The summed E-state index contributed by atoms with van der Waals surface area (Å²) in [6, 6.07) is 13.8. The van der Waals surface area contributed by atoms with Crippen LogP contribution in [0.15, 0.2) is 42.5 Å². The second-order valence-electron chi connectivity index (χ2n) is 3.99. The lowest BCUT2D eigenvalue weighted by atomic mass is 10.1. The van der Waals surface area contributed by atoms with E-state index in [1.807, 2.05) is 6.07 Å². The standard InChI is InChI=1S/C14H12N4O2/c1-16-12-7-4-8-13(14(12)18(19)20)17-11-6-3-2-5-10(11)9-15/h2-8,16-17H,1H3. The second-order valence-corrected chi connectivity index (χ2v) is 3.99. The molecule has 0 unspecified atom stereocenters. The van der Waals surface area contributed by atoms with E-state index in [2.05, 4.69) is 10.6 Å². The lowest BCUT2D eigenvalue weighted by Gasteiger charge is -2.10. The number of rotatable bonds is 4. The first-order valence-electron chi connectivity index (χ1n) is 5.88. The van der Waals surface area contributed by atoms with Crippen LogP contribution in [0.5, 0.6) is 0 Å². The van der Waals surface area contributed by atoms with E-state index in [0.717, 1.165) is 0 Å². The highest BCUT2D eigenvalue weighted by Crippen LogP contribution is 2.34. The molecule has 6 heteroatoms. The maximum Gasteiger partial charge on any atom is 0.315 e. The average molecular weight is 268 g/mol. The monoisotopic (exact) mass is 268 g/mol. The van der Waals surface area contributed by atoms with Crippen molar-refractivity contribution in [1.29, 1.82) is 5.26 Å². The largest absolute Gasteiger partial charge is 0.382 e.